The molecule has 3 nitrogen and oxygen atoms in total. The Balaban J connectivity index is 2.52. The van der Waals surface area contributed by atoms with E-state index in [-0.39, 0.29) is 11.3 Å². The van der Waals surface area contributed by atoms with Crippen LogP contribution in [0.1, 0.15) is 31.9 Å². The van der Waals surface area contributed by atoms with Gasteiger partial charge in [0.15, 0.2) is 0 Å². The van der Waals surface area contributed by atoms with Gasteiger partial charge in [0.05, 0.1) is 11.6 Å². The third-order valence-electron chi connectivity index (χ3n) is 3.24. The second-order valence-corrected chi connectivity index (χ2v) is 7.32. The lowest BCUT2D eigenvalue weighted by Gasteiger charge is -2.17. The van der Waals surface area contributed by atoms with Crippen LogP contribution in [0.3, 0.4) is 0 Å². The van der Waals surface area contributed by atoms with Crippen molar-refractivity contribution in [3.05, 3.63) is 28.2 Å². The highest BCUT2D eigenvalue weighted by atomic mass is 79.9. The van der Waals surface area contributed by atoms with Crippen molar-refractivity contribution in [1.29, 1.82) is 0 Å². The van der Waals surface area contributed by atoms with Crippen molar-refractivity contribution in [3.63, 3.8) is 0 Å². The van der Waals surface area contributed by atoms with Gasteiger partial charge in [-0.3, -0.25) is 4.21 Å². The molecule has 3 unspecified atom stereocenters. The molecular formula is C14H22BrNO2S. The van der Waals surface area contributed by atoms with Gasteiger partial charge in [-0.1, -0.05) is 13.0 Å². The molecule has 108 valence electrons. The van der Waals surface area contributed by atoms with Gasteiger partial charge in [0, 0.05) is 28.3 Å². The number of ether oxygens (including phenoxy) is 1. The normalized spacial score (nSPS) is 15.8. The lowest BCUT2D eigenvalue weighted by molar-refractivity contribution is 0.411. The van der Waals surface area contributed by atoms with Gasteiger partial charge in [-0.15, -0.1) is 0 Å². The zero-order valence-corrected chi connectivity index (χ0v) is 14.3. The van der Waals surface area contributed by atoms with Gasteiger partial charge < -0.3 is 10.1 Å². The lowest BCUT2D eigenvalue weighted by Crippen LogP contribution is -2.24. The lowest BCUT2D eigenvalue weighted by atomic mass is 10.1. The molecule has 0 amide bonds. The van der Waals surface area contributed by atoms with Gasteiger partial charge in [0.25, 0.3) is 0 Å². The Morgan fingerprint density at radius 1 is 1.42 bits per heavy atom. The maximum atomic E-state index is 11.3. The first-order valence-corrected chi connectivity index (χ1v) is 8.76. The molecule has 1 aromatic carbocycles. The molecule has 0 spiro atoms. The average Bonchev–Trinajstić information content (AvgIpc) is 2.38. The second-order valence-electron chi connectivity index (χ2n) is 4.67. The predicted molar refractivity (Wildman–Crippen MR) is 85.3 cm³/mol. The van der Waals surface area contributed by atoms with Crippen LogP contribution in [0.2, 0.25) is 0 Å². The molecule has 0 radical (unpaired) electrons. The zero-order chi connectivity index (χ0) is 14.4. The van der Waals surface area contributed by atoms with Gasteiger partial charge in [-0.2, -0.15) is 0 Å². The number of halogens is 1. The van der Waals surface area contributed by atoms with Crippen molar-refractivity contribution in [2.75, 3.05) is 19.9 Å². The standard InChI is InChI=1S/C14H22BrNO2S/c1-10(19(4)17)7-8-16-11(2)12-5-6-14(18-3)13(15)9-12/h5-6,9-11,16H,7-8H2,1-4H3. The van der Waals surface area contributed by atoms with Crippen molar-refractivity contribution >= 4 is 26.7 Å². The Morgan fingerprint density at radius 2 is 2.11 bits per heavy atom. The summed E-state index contributed by atoms with van der Waals surface area (Å²) in [6, 6.07) is 6.35. The molecule has 5 heteroatoms. The Kier molecular flexibility index (Phi) is 7.04. The highest BCUT2D eigenvalue weighted by molar-refractivity contribution is 9.10. The fourth-order valence-electron chi connectivity index (χ4n) is 1.74. The third kappa shape index (κ3) is 5.24. The summed E-state index contributed by atoms with van der Waals surface area (Å²) in [6.45, 7) is 5.01. The van der Waals surface area contributed by atoms with Crippen LogP contribution in [0.25, 0.3) is 0 Å². The smallest absolute Gasteiger partial charge is 0.133 e. The molecule has 0 fully saturated rings. The maximum Gasteiger partial charge on any atom is 0.133 e. The number of nitrogens with one attached hydrogen (secondary N) is 1. The zero-order valence-electron chi connectivity index (χ0n) is 11.9. The summed E-state index contributed by atoms with van der Waals surface area (Å²) in [7, 11) is 0.919. The van der Waals surface area contributed by atoms with Crippen molar-refractivity contribution in [2.45, 2.75) is 31.6 Å². The van der Waals surface area contributed by atoms with Gasteiger partial charge in [0.2, 0.25) is 0 Å². The minimum Gasteiger partial charge on any atom is -0.496 e. The first-order valence-electron chi connectivity index (χ1n) is 6.34. The molecule has 0 aliphatic rings. The summed E-state index contributed by atoms with van der Waals surface area (Å²) in [6.07, 6.45) is 2.68. The van der Waals surface area contributed by atoms with Crippen molar-refractivity contribution < 1.29 is 8.95 Å². The first kappa shape index (κ1) is 16.7. The number of methoxy groups -OCH3 is 1. The fraction of sp³-hybridized carbons (Fsp3) is 0.571. The van der Waals surface area contributed by atoms with Crippen LogP contribution in [0.5, 0.6) is 5.75 Å². The van der Waals surface area contributed by atoms with Crippen molar-refractivity contribution in [3.8, 4) is 5.75 Å². The summed E-state index contributed by atoms with van der Waals surface area (Å²) in [5.74, 6) is 0.839. The van der Waals surface area contributed by atoms with Crippen LogP contribution >= 0.6 is 15.9 Å². The quantitative estimate of drug-likeness (QED) is 0.822. The number of hydrogen-bond donors (Lipinski definition) is 1. The summed E-state index contributed by atoms with van der Waals surface area (Å²) in [5.41, 5.74) is 1.21. The van der Waals surface area contributed by atoms with E-state index in [4.69, 9.17) is 4.74 Å². The Labute approximate surface area is 126 Å². The Morgan fingerprint density at radius 3 is 2.63 bits per heavy atom. The second kappa shape index (κ2) is 8.02. The number of rotatable bonds is 7. The van der Waals surface area contributed by atoms with Crippen LogP contribution < -0.4 is 10.1 Å². The van der Waals surface area contributed by atoms with Gasteiger partial charge in [-0.05, 0) is 53.5 Å². The molecule has 1 rings (SSSR count). The van der Waals surface area contributed by atoms with E-state index < -0.39 is 10.8 Å². The summed E-state index contributed by atoms with van der Waals surface area (Å²) >= 11 is 3.49. The number of benzene rings is 1. The van der Waals surface area contributed by atoms with Crippen LogP contribution in [0.15, 0.2) is 22.7 Å². The predicted octanol–water partition coefficient (Wildman–Crippen LogP) is 3.27. The van der Waals surface area contributed by atoms with Crippen LogP contribution in [-0.2, 0) is 10.8 Å². The van der Waals surface area contributed by atoms with E-state index in [1.165, 1.54) is 5.56 Å². The molecule has 0 heterocycles. The largest absolute Gasteiger partial charge is 0.496 e. The maximum absolute atomic E-state index is 11.3. The Hall–Kier alpha value is -0.390. The molecule has 1 aromatic rings. The van der Waals surface area contributed by atoms with E-state index in [1.54, 1.807) is 13.4 Å². The van der Waals surface area contributed by atoms with Crippen LogP contribution in [0, 0.1) is 0 Å². The summed E-state index contributed by atoms with van der Waals surface area (Å²) < 4.78 is 17.4. The minimum absolute atomic E-state index is 0.238. The van der Waals surface area contributed by atoms with E-state index >= 15 is 0 Å². The first-order chi connectivity index (χ1) is 8.95. The molecule has 0 aromatic heterocycles. The molecule has 0 saturated carbocycles. The summed E-state index contributed by atoms with van der Waals surface area (Å²) in [5, 5.41) is 3.69. The SMILES string of the molecule is COc1ccc(C(C)NCCC(C)S(C)=O)cc1Br. The van der Waals surface area contributed by atoms with Gasteiger partial charge >= 0.3 is 0 Å². The average molecular weight is 348 g/mol. The molecule has 1 N–H and O–H groups in total. The van der Waals surface area contributed by atoms with E-state index in [0.717, 1.165) is 23.2 Å². The van der Waals surface area contributed by atoms with Crippen molar-refractivity contribution in [2.24, 2.45) is 0 Å². The summed E-state index contributed by atoms with van der Waals surface area (Å²) in [4.78, 5) is 0. The molecular weight excluding hydrogens is 326 g/mol. The van der Waals surface area contributed by atoms with Gasteiger partial charge in [-0.25, -0.2) is 0 Å². The van der Waals surface area contributed by atoms with Gasteiger partial charge in [0.1, 0.15) is 5.75 Å². The monoisotopic (exact) mass is 347 g/mol. The van der Waals surface area contributed by atoms with E-state index in [0.29, 0.717) is 0 Å². The molecule has 3 atom stereocenters. The highest BCUT2D eigenvalue weighted by Gasteiger charge is 2.10. The number of hydrogen-bond acceptors (Lipinski definition) is 3. The Bertz CT molecular complexity index is 439. The minimum atomic E-state index is -0.742. The topological polar surface area (TPSA) is 38.3 Å². The van der Waals surface area contributed by atoms with E-state index in [1.807, 2.05) is 13.0 Å². The third-order valence-corrected chi connectivity index (χ3v) is 5.23. The molecule has 19 heavy (non-hydrogen) atoms. The van der Waals surface area contributed by atoms with Crippen LogP contribution in [0.4, 0.5) is 0 Å². The van der Waals surface area contributed by atoms with Crippen molar-refractivity contribution in [1.82, 2.24) is 5.32 Å². The van der Waals surface area contributed by atoms with E-state index in [9.17, 15) is 4.21 Å². The molecule has 0 saturated heterocycles. The molecule has 0 bridgehead atoms. The highest BCUT2D eigenvalue weighted by Crippen LogP contribution is 2.27. The van der Waals surface area contributed by atoms with Crippen LogP contribution in [-0.4, -0.2) is 29.4 Å². The molecule has 0 aliphatic carbocycles. The van der Waals surface area contributed by atoms with E-state index in [2.05, 4.69) is 40.3 Å². The fourth-order valence-corrected chi connectivity index (χ4v) is 2.75. The molecule has 0 aliphatic heterocycles.